The molecule has 1 aliphatic carbocycles. The summed E-state index contributed by atoms with van der Waals surface area (Å²) in [6.45, 7) is 5.85. The standard InChI is InChI=1S/C17H19F3O2/c1-4-22-14-9-10-16(3,15(21)11(14)2)12-5-7-13(8-6-12)17(18,19)20/h5-8H,4,9-10H2,1-3H3. The van der Waals surface area contributed by atoms with Crippen LogP contribution in [-0.2, 0) is 21.1 Å². The maximum Gasteiger partial charge on any atom is 0.416 e. The molecule has 0 fully saturated rings. The molecule has 0 saturated heterocycles. The van der Waals surface area contributed by atoms with Gasteiger partial charge in [-0.2, -0.15) is 13.2 Å². The fraction of sp³-hybridized carbons (Fsp3) is 0.471. The first kappa shape index (κ1) is 16.6. The molecule has 0 amide bonds. The van der Waals surface area contributed by atoms with Gasteiger partial charge in [-0.15, -0.1) is 0 Å². The largest absolute Gasteiger partial charge is 0.498 e. The summed E-state index contributed by atoms with van der Waals surface area (Å²) in [6, 6.07) is 4.87. The molecule has 1 aliphatic rings. The molecule has 5 heteroatoms. The van der Waals surface area contributed by atoms with E-state index < -0.39 is 17.2 Å². The molecule has 1 aromatic rings. The van der Waals surface area contributed by atoms with Gasteiger partial charge in [0, 0.05) is 12.0 Å². The van der Waals surface area contributed by atoms with Crippen molar-refractivity contribution in [2.24, 2.45) is 0 Å². The maximum absolute atomic E-state index is 12.7. The van der Waals surface area contributed by atoms with Crippen LogP contribution in [0.25, 0.3) is 0 Å². The quantitative estimate of drug-likeness (QED) is 0.813. The normalized spacial score (nSPS) is 22.9. The minimum Gasteiger partial charge on any atom is -0.498 e. The minimum absolute atomic E-state index is 0.0815. The van der Waals surface area contributed by atoms with Gasteiger partial charge >= 0.3 is 6.18 Å². The second kappa shape index (κ2) is 5.78. The maximum atomic E-state index is 12.7. The van der Waals surface area contributed by atoms with Crippen LogP contribution >= 0.6 is 0 Å². The van der Waals surface area contributed by atoms with Crippen LogP contribution in [0.15, 0.2) is 35.6 Å². The second-order valence-electron chi connectivity index (χ2n) is 5.72. The summed E-state index contributed by atoms with van der Waals surface area (Å²) < 4.78 is 43.4. The number of Topliss-reactive ketones (excluding diaryl/α,β-unsaturated/α-hetero) is 1. The number of ether oxygens (including phenoxy) is 1. The summed E-state index contributed by atoms with van der Waals surface area (Å²) in [5.74, 6) is 0.610. The Morgan fingerprint density at radius 3 is 2.32 bits per heavy atom. The van der Waals surface area contributed by atoms with Gasteiger partial charge in [0.25, 0.3) is 0 Å². The van der Waals surface area contributed by atoms with E-state index in [1.54, 1.807) is 13.8 Å². The molecule has 1 atom stereocenters. The van der Waals surface area contributed by atoms with Crippen LogP contribution in [0.3, 0.4) is 0 Å². The number of halogens is 3. The number of alkyl halides is 3. The van der Waals surface area contributed by atoms with Crippen molar-refractivity contribution in [3.8, 4) is 0 Å². The van der Waals surface area contributed by atoms with E-state index in [-0.39, 0.29) is 5.78 Å². The van der Waals surface area contributed by atoms with Crippen molar-refractivity contribution in [2.75, 3.05) is 6.61 Å². The molecular weight excluding hydrogens is 293 g/mol. The zero-order chi connectivity index (χ0) is 16.5. The summed E-state index contributed by atoms with van der Waals surface area (Å²) in [7, 11) is 0. The first-order valence-electron chi connectivity index (χ1n) is 7.25. The monoisotopic (exact) mass is 312 g/mol. The second-order valence-corrected chi connectivity index (χ2v) is 5.72. The first-order valence-corrected chi connectivity index (χ1v) is 7.25. The van der Waals surface area contributed by atoms with Gasteiger partial charge in [-0.25, -0.2) is 0 Å². The molecule has 0 aliphatic heterocycles. The Hall–Kier alpha value is -1.78. The average molecular weight is 312 g/mol. The molecule has 0 radical (unpaired) electrons. The van der Waals surface area contributed by atoms with E-state index >= 15 is 0 Å². The third-order valence-corrected chi connectivity index (χ3v) is 4.28. The topological polar surface area (TPSA) is 26.3 Å². The van der Waals surface area contributed by atoms with Crippen LogP contribution in [0.4, 0.5) is 13.2 Å². The number of rotatable bonds is 3. The van der Waals surface area contributed by atoms with E-state index in [0.29, 0.717) is 36.3 Å². The Kier molecular flexibility index (Phi) is 4.36. The van der Waals surface area contributed by atoms with E-state index in [1.165, 1.54) is 12.1 Å². The summed E-state index contributed by atoms with van der Waals surface area (Å²) in [6.07, 6.45) is -3.22. The van der Waals surface area contributed by atoms with E-state index in [0.717, 1.165) is 12.1 Å². The van der Waals surface area contributed by atoms with Crippen LogP contribution < -0.4 is 0 Å². The molecule has 0 N–H and O–H groups in total. The van der Waals surface area contributed by atoms with E-state index in [4.69, 9.17) is 4.74 Å². The Labute approximate surface area is 128 Å². The number of ketones is 1. The minimum atomic E-state index is -4.37. The molecule has 120 valence electrons. The first-order chi connectivity index (χ1) is 10.2. The van der Waals surface area contributed by atoms with Crippen molar-refractivity contribution in [3.05, 3.63) is 46.7 Å². The van der Waals surface area contributed by atoms with Crippen molar-refractivity contribution in [1.29, 1.82) is 0 Å². The molecule has 0 spiro atoms. The van der Waals surface area contributed by atoms with Gasteiger partial charge < -0.3 is 4.74 Å². The number of benzene rings is 1. The van der Waals surface area contributed by atoms with Gasteiger partial charge in [-0.05, 0) is 44.9 Å². The molecular formula is C17H19F3O2. The smallest absolute Gasteiger partial charge is 0.416 e. The van der Waals surface area contributed by atoms with Gasteiger partial charge in [0.15, 0.2) is 5.78 Å². The van der Waals surface area contributed by atoms with Gasteiger partial charge in [-0.3, -0.25) is 4.79 Å². The highest BCUT2D eigenvalue weighted by Crippen LogP contribution is 2.40. The summed E-state index contributed by atoms with van der Waals surface area (Å²) in [5.41, 5.74) is -0.323. The lowest BCUT2D eigenvalue weighted by molar-refractivity contribution is -0.137. The fourth-order valence-corrected chi connectivity index (χ4v) is 2.86. The number of carbonyl (C=O) groups is 1. The Morgan fingerprint density at radius 2 is 1.82 bits per heavy atom. The van der Waals surface area contributed by atoms with Gasteiger partial charge in [0.1, 0.15) is 5.76 Å². The zero-order valence-electron chi connectivity index (χ0n) is 12.9. The lowest BCUT2D eigenvalue weighted by atomic mass is 9.69. The van der Waals surface area contributed by atoms with Crippen molar-refractivity contribution in [3.63, 3.8) is 0 Å². The number of hydrogen-bond donors (Lipinski definition) is 0. The highest BCUT2D eigenvalue weighted by Gasteiger charge is 2.41. The number of allylic oxidation sites excluding steroid dienone is 2. The summed E-state index contributed by atoms with van der Waals surface area (Å²) >= 11 is 0. The van der Waals surface area contributed by atoms with Gasteiger partial charge in [0.2, 0.25) is 0 Å². The van der Waals surface area contributed by atoms with Crippen molar-refractivity contribution in [2.45, 2.75) is 45.2 Å². The molecule has 0 saturated carbocycles. The van der Waals surface area contributed by atoms with Crippen LogP contribution in [-0.4, -0.2) is 12.4 Å². The van der Waals surface area contributed by atoms with E-state index in [1.807, 2.05) is 6.92 Å². The molecule has 22 heavy (non-hydrogen) atoms. The highest BCUT2D eigenvalue weighted by molar-refractivity contribution is 6.04. The van der Waals surface area contributed by atoms with Crippen molar-refractivity contribution < 1.29 is 22.7 Å². The zero-order valence-corrected chi connectivity index (χ0v) is 12.9. The Morgan fingerprint density at radius 1 is 1.23 bits per heavy atom. The highest BCUT2D eigenvalue weighted by atomic mass is 19.4. The lowest BCUT2D eigenvalue weighted by Gasteiger charge is -2.34. The molecule has 1 unspecified atom stereocenters. The Balaban J connectivity index is 2.34. The molecule has 2 rings (SSSR count). The molecule has 0 bridgehead atoms. The Bertz CT molecular complexity index is 599. The van der Waals surface area contributed by atoms with Crippen LogP contribution in [0.5, 0.6) is 0 Å². The van der Waals surface area contributed by atoms with Crippen LogP contribution in [0, 0.1) is 0 Å². The number of carbonyl (C=O) groups excluding carboxylic acids is 1. The third kappa shape index (κ3) is 2.89. The predicted molar refractivity (Wildman–Crippen MR) is 77.4 cm³/mol. The predicted octanol–water partition coefficient (Wildman–Crippen LogP) is 4.64. The summed E-state index contributed by atoms with van der Waals surface area (Å²) in [5, 5.41) is 0. The molecule has 2 nitrogen and oxygen atoms in total. The molecule has 0 heterocycles. The van der Waals surface area contributed by atoms with Crippen molar-refractivity contribution >= 4 is 5.78 Å². The van der Waals surface area contributed by atoms with Gasteiger partial charge in [0.05, 0.1) is 17.6 Å². The fourth-order valence-electron chi connectivity index (χ4n) is 2.86. The third-order valence-electron chi connectivity index (χ3n) is 4.28. The van der Waals surface area contributed by atoms with Crippen LogP contribution in [0.1, 0.15) is 44.7 Å². The molecule has 0 aromatic heterocycles. The SMILES string of the molecule is CCOC1=C(C)C(=O)C(C)(c2ccc(C(F)(F)F)cc2)CC1. The number of hydrogen-bond acceptors (Lipinski definition) is 2. The average Bonchev–Trinajstić information content (AvgIpc) is 2.47. The lowest BCUT2D eigenvalue weighted by Crippen LogP contribution is -2.37. The van der Waals surface area contributed by atoms with Crippen molar-refractivity contribution in [1.82, 2.24) is 0 Å². The van der Waals surface area contributed by atoms with E-state index in [2.05, 4.69) is 0 Å². The van der Waals surface area contributed by atoms with Crippen LogP contribution in [0.2, 0.25) is 0 Å². The molecule has 1 aromatic carbocycles. The van der Waals surface area contributed by atoms with E-state index in [9.17, 15) is 18.0 Å². The summed E-state index contributed by atoms with van der Waals surface area (Å²) in [4.78, 5) is 12.7. The van der Waals surface area contributed by atoms with Gasteiger partial charge in [-0.1, -0.05) is 12.1 Å².